The Bertz CT molecular complexity index is 443. The number of aromatic nitrogens is 1. The summed E-state index contributed by atoms with van der Waals surface area (Å²) in [4.78, 5) is 2.99. The molecule has 0 radical (unpaired) electrons. The van der Waals surface area contributed by atoms with Crippen LogP contribution in [0.2, 0.25) is 0 Å². The van der Waals surface area contributed by atoms with Gasteiger partial charge in [-0.2, -0.15) is 0 Å². The number of benzene rings is 1. The van der Waals surface area contributed by atoms with E-state index in [1.54, 1.807) is 0 Å². The first kappa shape index (κ1) is 9.84. The monoisotopic (exact) mass is 200 g/mol. The number of hydrogen-bond donors (Lipinski definition) is 2. The highest BCUT2D eigenvalue weighted by atomic mass is 14.8. The van der Waals surface area contributed by atoms with E-state index in [1.165, 1.54) is 16.7 Å². The Kier molecular flexibility index (Phi) is 2.77. The van der Waals surface area contributed by atoms with Gasteiger partial charge in [0, 0.05) is 6.20 Å². The number of anilines is 1. The molecule has 0 spiro atoms. The Morgan fingerprint density at radius 3 is 2.60 bits per heavy atom. The predicted octanol–water partition coefficient (Wildman–Crippen LogP) is 2.69. The minimum atomic E-state index is 0.745. The maximum Gasteiger partial charge on any atom is 0.100 e. The van der Waals surface area contributed by atoms with E-state index in [2.05, 4.69) is 36.2 Å². The standard InChI is InChI=1S/C13H16N2/c1-10-3-2-4-11(7-10)5-6-12-8-13(14)15-9-12/h2-4,7-9,15H,5-6,14H2,1H3. The molecule has 2 heteroatoms. The van der Waals surface area contributed by atoms with E-state index in [-0.39, 0.29) is 0 Å². The minimum absolute atomic E-state index is 0.745. The van der Waals surface area contributed by atoms with E-state index in [0.717, 1.165) is 18.7 Å². The quantitative estimate of drug-likeness (QED) is 0.785. The van der Waals surface area contributed by atoms with Gasteiger partial charge in [-0.25, -0.2) is 0 Å². The Hall–Kier alpha value is -1.70. The lowest BCUT2D eigenvalue weighted by atomic mass is 10.0. The molecular weight excluding hydrogens is 184 g/mol. The number of aromatic amines is 1. The van der Waals surface area contributed by atoms with Crippen molar-refractivity contribution in [1.29, 1.82) is 0 Å². The van der Waals surface area contributed by atoms with Crippen LogP contribution in [0.25, 0.3) is 0 Å². The average Bonchev–Trinajstić information content (AvgIpc) is 2.62. The first-order chi connectivity index (χ1) is 7.24. The fourth-order valence-electron chi connectivity index (χ4n) is 1.76. The molecule has 0 aliphatic heterocycles. The SMILES string of the molecule is Cc1cccc(CCc2c[nH]c(N)c2)c1. The lowest BCUT2D eigenvalue weighted by Crippen LogP contribution is -1.90. The van der Waals surface area contributed by atoms with Crippen LogP contribution in [-0.2, 0) is 12.8 Å². The molecule has 0 bridgehead atoms. The van der Waals surface area contributed by atoms with Crippen molar-refractivity contribution < 1.29 is 0 Å². The van der Waals surface area contributed by atoms with Crippen LogP contribution in [0.1, 0.15) is 16.7 Å². The largest absolute Gasteiger partial charge is 0.385 e. The molecule has 15 heavy (non-hydrogen) atoms. The summed E-state index contributed by atoms with van der Waals surface area (Å²) in [5.74, 6) is 0.745. The van der Waals surface area contributed by atoms with Crippen molar-refractivity contribution in [1.82, 2.24) is 4.98 Å². The van der Waals surface area contributed by atoms with Gasteiger partial charge in [-0.1, -0.05) is 29.8 Å². The van der Waals surface area contributed by atoms with Gasteiger partial charge in [0.15, 0.2) is 0 Å². The van der Waals surface area contributed by atoms with Crippen LogP contribution in [0.15, 0.2) is 36.5 Å². The van der Waals surface area contributed by atoms with E-state index in [0.29, 0.717) is 0 Å². The lowest BCUT2D eigenvalue weighted by Gasteiger charge is -2.00. The Morgan fingerprint density at radius 2 is 1.93 bits per heavy atom. The van der Waals surface area contributed by atoms with Crippen molar-refractivity contribution in [2.45, 2.75) is 19.8 Å². The van der Waals surface area contributed by atoms with E-state index in [1.807, 2.05) is 12.3 Å². The van der Waals surface area contributed by atoms with Crippen LogP contribution in [-0.4, -0.2) is 4.98 Å². The van der Waals surface area contributed by atoms with Crippen molar-refractivity contribution in [2.24, 2.45) is 0 Å². The molecule has 0 atom stereocenters. The molecule has 0 saturated carbocycles. The smallest absolute Gasteiger partial charge is 0.100 e. The van der Waals surface area contributed by atoms with Crippen LogP contribution in [0, 0.1) is 6.92 Å². The van der Waals surface area contributed by atoms with Crippen LogP contribution in [0.5, 0.6) is 0 Å². The summed E-state index contributed by atoms with van der Waals surface area (Å²) in [6.45, 7) is 2.12. The molecule has 0 amide bonds. The Labute approximate surface area is 90.1 Å². The zero-order chi connectivity index (χ0) is 10.7. The molecule has 0 aliphatic rings. The second kappa shape index (κ2) is 4.22. The van der Waals surface area contributed by atoms with Crippen molar-refractivity contribution in [3.63, 3.8) is 0 Å². The molecule has 3 N–H and O–H groups in total. The molecule has 2 nitrogen and oxygen atoms in total. The molecule has 0 fully saturated rings. The number of H-pyrrole nitrogens is 1. The van der Waals surface area contributed by atoms with Crippen molar-refractivity contribution in [2.75, 3.05) is 5.73 Å². The lowest BCUT2D eigenvalue weighted by molar-refractivity contribution is 0.960. The van der Waals surface area contributed by atoms with E-state index < -0.39 is 0 Å². The van der Waals surface area contributed by atoms with Crippen LogP contribution in [0.4, 0.5) is 5.82 Å². The summed E-state index contributed by atoms with van der Waals surface area (Å²) in [5, 5.41) is 0. The highest BCUT2D eigenvalue weighted by Gasteiger charge is 1.98. The van der Waals surface area contributed by atoms with E-state index in [9.17, 15) is 0 Å². The van der Waals surface area contributed by atoms with Gasteiger partial charge in [-0.05, 0) is 37.0 Å². The van der Waals surface area contributed by atoms with Crippen LogP contribution in [0.3, 0.4) is 0 Å². The van der Waals surface area contributed by atoms with Crippen LogP contribution < -0.4 is 5.73 Å². The van der Waals surface area contributed by atoms with Gasteiger partial charge in [-0.3, -0.25) is 0 Å². The second-order valence-corrected chi connectivity index (χ2v) is 3.95. The molecular formula is C13H16N2. The number of aryl methyl sites for hydroxylation is 3. The average molecular weight is 200 g/mol. The zero-order valence-corrected chi connectivity index (χ0v) is 8.96. The number of nitrogens with one attached hydrogen (secondary N) is 1. The number of nitrogens with two attached hydrogens (primary N) is 1. The fraction of sp³-hybridized carbons (Fsp3) is 0.231. The van der Waals surface area contributed by atoms with Gasteiger partial charge in [0.25, 0.3) is 0 Å². The molecule has 0 unspecified atom stereocenters. The van der Waals surface area contributed by atoms with Gasteiger partial charge in [0.1, 0.15) is 5.82 Å². The fourth-order valence-corrected chi connectivity index (χ4v) is 1.76. The maximum absolute atomic E-state index is 5.62. The van der Waals surface area contributed by atoms with Gasteiger partial charge in [0.05, 0.1) is 0 Å². The molecule has 0 aliphatic carbocycles. The molecule has 2 aromatic rings. The third-order valence-electron chi connectivity index (χ3n) is 2.55. The first-order valence-corrected chi connectivity index (χ1v) is 5.22. The van der Waals surface area contributed by atoms with Crippen molar-refractivity contribution in [3.05, 3.63) is 53.2 Å². The number of nitrogen functional groups attached to an aromatic ring is 1. The minimum Gasteiger partial charge on any atom is -0.385 e. The summed E-state index contributed by atoms with van der Waals surface area (Å²) in [6, 6.07) is 10.6. The highest BCUT2D eigenvalue weighted by Crippen LogP contribution is 2.10. The predicted molar refractivity (Wildman–Crippen MR) is 63.8 cm³/mol. The summed E-state index contributed by atoms with van der Waals surface area (Å²) in [5.41, 5.74) is 9.59. The Morgan fingerprint density at radius 1 is 1.13 bits per heavy atom. The van der Waals surface area contributed by atoms with Gasteiger partial charge >= 0.3 is 0 Å². The third-order valence-corrected chi connectivity index (χ3v) is 2.55. The summed E-state index contributed by atoms with van der Waals surface area (Å²) in [6.07, 6.45) is 4.08. The molecule has 1 aromatic carbocycles. The summed E-state index contributed by atoms with van der Waals surface area (Å²) < 4.78 is 0. The van der Waals surface area contributed by atoms with Gasteiger partial charge in [0.2, 0.25) is 0 Å². The molecule has 2 rings (SSSR count). The molecule has 0 saturated heterocycles. The van der Waals surface area contributed by atoms with Gasteiger partial charge < -0.3 is 10.7 Å². The van der Waals surface area contributed by atoms with Crippen molar-refractivity contribution >= 4 is 5.82 Å². The Balaban J connectivity index is 1.99. The number of rotatable bonds is 3. The maximum atomic E-state index is 5.62. The summed E-state index contributed by atoms with van der Waals surface area (Å²) in [7, 11) is 0. The highest BCUT2D eigenvalue weighted by molar-refractivity contribution is 5.34. The van der Waals surface area contributed by atoms with E-state index >= 15 is 0 Å². The molecule has 1 aromatic heterocycles. The van der Waals surface area contributed by atoms with Gasteiger partial charge in [-0.15, -0.1) is 0 Å². The zero-order valence-electron chi connectivity index (χ0n) is 8.96. The second-order valence-electron chi connectivity index (χ2n) is 3.95. The first-order valence-electron chi connectivity index (χ1n) is 5.22. The van der Waals surface area contributed by atoms with Crippen LogP contribution >= 0.6 is 0 Å². The third kappa shape index (κ3) is 2.62. The molecule has 78 valence electrons. The van der Waals surface area contributed by atoms with Crippen molar-refractivity contribution in [3.8, 4) is 0 Å². The molecule has 1 heterocycles. The van der Waals surface area contributed by atoms with E-state index in [4.69, 9.17) is 5.73 Å². The normalized spacial score (nSPS) is 10.5. The summed E-state index contributed by atoms with van der Waals surface area (Å²) >= 11 is 0. The topological polar surface area (TPSA) is 41.8 Å². The number of hydrogen-bond acceptors (Lipinski definition) is 1.